The van der Waals surface area contributed by atoms with Gasteiger partial charge < -0.3 is 15.2 Å². The minimum atomic E-state index is -0.488. The Morgan fingerprint density at radius 3 is 2.38 bits per heavy atom. The van der Waals surface area contributed by atoms with E-state index in [9.17, 15) is 14.0 Å². The highest BCUT2D eigenvalue weighted by Crippen LogP contribution is 2.26. The lowest BCUT2D eigenvalue weighted by atomic mass is 10.2. The van der Waals surface area contributed by atoms with Crippen molar-refractivity contribution in [3.8, 4) is 0 Å². The Hall–Kier alpha value is -3.20. The second kappa shape index (κ2) is 10.9. The van der Waals surface area contributed by atoms with Crippen molar-refractivity contribution in [2.45, 2.75) is 50.6 Å². The number of nitrogens with one attached hydrogen (secondary N) is 2. The Morgan fingerprint density at radius 1 is 1.03 bits per heavy atom. The zero-order valence-corrected chi connectivity index (χ0v) is 19.1. The van der Waals surface area contributed by atoms with Crippen LogP contribution in [-0.2, 0) is 22.6 Å². The molecule has 2 amide bonds. The number of benzene rings is 2. The van der Waals surface area contributed by atoms with E-state index in [1.165, 1.54) is 23.9 Å². The van der Waals surface area contributed by atoms with Crippen molar-refractivity contribution in [3.63, 3.8) is 0 Å². The second-order valence-corrected chi connectivity index (χ2v) is 8.34. The Balaban J connectivity index is 1.69. The van der Waals surface area contributed by atoms with E-state index in [0.717, 1.165) is 11.3 Å². The number of thioether (sulfide) groups is 1. The van der Waals surface area contributed by atoms with Gasteiger partial charge in [-0.25, -0.2) is 4.39 Å². The third-order valence-corrected chi connectivity index (χ3v) is 6.23. The molecule has 0 aliphatic rings. The predicted molar refractivity (Wildman–Crippen MR) is 124 cm³/mol. The number of para-hydroxylation sites is 2. The largest absolute Gasteiger partial charge is 0.325 e. The first kappa shape index (κ1) is 23.5. The van der Waals surface area contributed by atoms with E-state index in [-0.39, 0.29) is 23.9 Å². The molecule has 0 fully saturated rings. The number of halogens is 1. The van der Waals surface area contributed by atoms with Crippen molar-refractivity contribution in [1.82, 2.24) is 14.8 Å². The summed E-state index contributed by atoms with van der Waals surface area (Å²) in [5.74, 6) is -0.473. The highest BCUT2D eigenvalue weighted by Gasteiger charge is 2.23. The molecule has 2 N–H and O–H groups in total. The van der Waals surface area contributed by atoms with Gasteiger partial charge >= 0.3 is 0 Å². The summed E-state index contributed by atoms with van der Waals surface area (Å²) in [6, 6.07) is 13.6. The number of carbonyl (C=O) groups excluding carboxylic acids is 2. The molecule has 1 aromatic heterocycles. The fraction of sp³-hybridized carbons (Fsp3) is 0.304. The smallest absolute Gasteiger partial charge is 0.238 e. The van der Waals surface area contributed by atoms with E-state index in [1.807, 2.05) is 49.6 Å². The van der Waals surface area contributed by atoms with Crippen molar-refractivity contribution in [1.29, 1.82) is 0 Å². The van der Waals surface area contributed by atoms with Crippen LogP contribution >= 0.6 is 11.8 Å². The second-order valence-electron chi connectivity index (χ2n) is 7.17. The van der Waals surface area contributed by atoms with Crippen LogP contribution in [0.4, 0.5) is 15.8 Å². The van der Waals surface area contributed by atoms with Gasteiger partial charge in [-0.2, -0.15) is 0 Å². The van der Waals surface area contributed by atoms with E-state index >= 15 is 0 Å². The van der Waals surface area contributed by atoms with Gasteiger partial charge in [0.05, 0.1) is 17.4 Å². The minimum Gasteiger partial charge on any atom is -0.325 e. The highest BCUT2D eigenvalue weighted by molar-refractivity contribution is 8.00. The normalized spacial score (nSPS) is 11.8. The molecule has 0 bridgehead atoms. The monoisotopic (exact) mass is 455 g/mol. The Kier molecular flexibility index (Phi) is 7.99. The third kappa shape index (κ3) is 5.73. The third-order valence-electron chi connectivity index (χ3n) is 4.89. The zero-order chi connectivity index (χ0) is 23.1. The zero-order valence-electron chi connectivity index (χ0n) is 18.3. The van der Waals surface area contributed by atoms with Gasteiger partial charge in [-0.3, -0.25) is 9.59 Å². The summed E-state index contributed by atoms with van der Waals surface area (Å²) in [5, 5.41) is 14.0. The van der Waals surface area contributed by atoms with Crippen LogP contribution in [0.5, 0.6) is 0 Å². The maximum absolute atomic E-state index is 13.9. The topological polar surface area (TPSA) is 88.9 Å². The van der Waals surface area contributed by atoms with Gasteiger partial charge in [0.1, 0.15) is 11.6 Å². The summed E-state index contributed by atoms with van der Waals surface area (Å²) >= 11 is 1.25. The Labute approximate surface area is 190 Å². The van der Waals surface area contributed by atoms with E-state index in [2.05, 4.69) is 20.8 Å². The molecule has 0 saturated heterocycles. The lowest BCUT2D eigenvalue weighted by Gasteiger charge is -2.15. The quantitative estimate of drug-likeness (QED) is 0.466. The van der Waals surface area contributed by atoms with Crippen LogP contribution in [0.15, 0.2) is 53.7 Å². The van der Waals surface area contributed by atoms with Crippen LogP contribution in [0.2, 0.25) is 0 Å². The van der Waals surface area contributed by atoms with Gasteiger partial charge in [-0.05, 0) is 44.0 Å². The molecule has 0 unspecified atom stereocenters. The molecular weight excluding hydrogens is 429 g/mol. The Morgan fingerprint density at radius 2 is 1.72 bits per heavy atom. The molecule has 32 heavy (non-hydrogen) atoms. The molecule has 0 spiro atoms. The van der Waals surface area contributed by atoms with Crippen molar-refractivity contribution in [2.75, 3.05) is 10.6 Å². The molecule has 0 saturated carbocycles. The SMILES string of the molecule is CC[C@@H](Sc1nnc(CC(=O)Nc2ccccc2C)n1CC)C(=O)Nc1ccccc1F. The summed E-state index contributed by atoms with van der Waals surface area (Å²) in [6.45, 7) is 6.28. The molecule has 1 atom stereocenters. The number of hydrogen-bond donors (Lipinski definition) is 2. The molecule has 1 heterocycles. The minimum absolute atomic E-state index is 0.0634. The molecule has 0 aliphatic carbocycles. The summed E-state index contributed by atoms with van der Waals surface area (Å²) in [5.41, 5.74) is 1.87. The van der Waals surface area contributed by atoms with Gasteiger partial charge in [0, 0.05) is 12.2 Å². The fourth-order valence-corrected chi connectivity index (χ4v) is 4.17. The Bertz CT molecular complexity index is 1100. The lowest BCUT2D eigenvalue weighted by molar-refractivity contribution is -0.116. The summed E-state index contributed by atoms with van der Waals surface area (Å²) < 4.78 is 15.7. The van der Waals surface area contributed by atoms with Crippen LogP contribution < -0.4 is 10.6 Å². The number of aromatic nitrogens is 3. The average Bonchev–Trinajstić information content (AvgIpc) is 3.16. The number of hydrogen-bond acceptors (Lipinski definition) is 5. The average molecular weight is 456 g/mol. The van der Waals surface area contributed by atoms with Crippen LogP contribution in [0.25, 0.3) is 0 Å². The van der Waals surface area contributed by atoms with Crippen LogP contribution in [0.1, 0.15) is 31.7 Å². The highest BCUT2D eigenvalue weighted by atomic mass is 32.2. The first-order valence-corrected chi connectivity index (χ1v) is 11.3. The molecule has 0 aliphatic heterocycles. The number of rotatable bonds is 9. The van der Waals surface area contributed by atoms with Crippen LogP contribution in [0, 0.1) is 12.7 Å². The number of anilines is 2. The van der Waals surface area contributed by atoms with E-state index in [0.29, 0.717) is 23.9 Å². The molecule has 168 valence electrons. The van der Waals surface area contributed by atoms with Gasteiger partial charge in [-0.1, -0.05) is 49.0 Å². The van der Waals surface area contributed by atoms with E-state index < -0.39 is 11.1 Å². The summed E-state index contributed by atoms with van der Waals surface area (Å²) in [4.78, 5) is 25.2. The number of nitrogens with zero attached hydrogens (tertiary/aromatic N) is 3. The van der Waals surface area contributed by atoms with E-state index in [4.69, 9.17) is 0 Å². The van der Waals surface area contributed by atoms with Crippen molar-refractivity contribution < 1.29 is 14.0 Å². The first-order valence-electron chi connectivity index (χ1n) is 10.4. The molecule has 3 rings (SSSR count). The molecule has 0 radical (unpaired) electrons. The number of aryl methyl sites for hydroxylation is 1. The van der Waals surface area contributed by atoms with E-state index in [1.54, 1.807) is 12.1 Å². The predicted octanol–water partition coefficient (Wildman–Crippen LogP) is 4.44. The van der Waals surface area contributed by atoms with Gasteiger partial charge in [0.15, 0.2) is 5.16 Å². The number of amides is 2. The maximum Gasteiger partial charge on any atom is 0.238 e. The lowest BCUT2D eigenvalue weighted by Crippen LogP contribution is -2.25. The summed E-state index contributed by atoms with van der Waals surface area (Å²) in [7, 11) is 0. The molecular formula is C23H26FN5O2S. The van der Waals surface area contributed by atoms with Crippen molar-refractivity contribution in [3.05, 3.63) is 65.7 Å². The van der Waals surface area contributed by atoms with Gasteiger partial charge in [0.2, 0.25) is 11.8 Å². The molecule has 3 aromatic rings. The van der Waals surface area contributed by atoms with Crippen LogP contribution in [0.3, 0.4) is 0 Å². The fourth-order valence-electron chi connectivity index (χ4n) is 3.13. The molecule has 7 nitrogen and oxygen atoms in total. The van der Waals surface area contributed by atoms with Gasteiger partial charge in [-0.15, -0.1) is 10.2 Å². The molecule has 2 aromatic carbocycles. The van der Waals surface area contributed by atoms with Crippen molar-refractivity contribution >= 4 is 35.0 Å². The standard InChI is InChI=1S/C23H26FN5O2S/c1-4-19(22(31)26-18-13-9-7-11-16(18)24)32-23-28-27-20(29(23)5-2)14-21(30)25-17-12-8-6-10-15(17)3/h6-13,19H,4-5,14H2,1-3H3,(H,25,30)(H,26,31)/t19-/m1/s1. The van der Waals surface area contributed by atoms with Crippen molar-refractivity contribution in [2.24, 2.45) is 0 Å². The summed E-state index contributed by atoms with van der Waals surface area (Å²) in [6.07, 6.45) is 0.582. The number of carbonyl (C=O) groups is 2. The van der Waals surface area contributed by atoms with Crippen LogP contribution in [-0.4, -0.2) is 31.8 Å². The van der Waals surface area contributed by atoms with Gasteiger partial charge in [0.25, 0.3) is 0 Å². The maximum atomic E-state index is 13.9. The molecule has 9 heteroatoms. The first-order chi connectivity index (χ1) is 15.4.